The van der Waals surface area contributed by atoms with Crippen LogP contribution in [-0.4, -0.2) is 41.7 Å². The number of carbonyl (C=O) groups excluding carboxylic acids is 2. The van der Waals surface area contributed by atoms with Crippen LogP contribution < -0.4 is 10.1 Å². The van der Waals surface area contributed by atoms with Crippen LogP contribution in [0.5, 0.6) is 5.75 Å². The van der Waals surface area contributed by atoms with Crippen LogP contribution in [0.1, 0.15) is 85.9 Å². The van der Waals surface area contributed by atoms with Gasteiger partial charge in [0.15, 0.2) is 11.8 Å². The molecule has 174 valence electrons. The van der Waals surface area contributed by atoms with Gasteiger partial charge in [-0.15, -0.1) is 0 Å². The van der Waals surface area contributed by atoms with E-state index in [1.807, 2.05) is 74.4 Å². The summed E-state index contributed by atoms with van der Waals surface area (Å²) in [7, 11) is 0. The van der Waals surface area contributed by atoms with Gasteiger partial charge in [-0.25, -0.2) is 9.53 Å². The van der Waals surface area contributed by atoms with Gasteiger partial charge in [-0.2, -0.15) is 0 Å². The third-order valence-electron chi connectivity index (χ3n) is 4.53. The fraction of sp³-hybridized carbons (Fsp3) is 0.625. The van der Waals surface area contributed by atoms with Crippen molar-refractivity contribution in [2.24, 2.45) is 0 Å². The number of ether oxygens (including phenoxy) is 2. The van der Waals surface area contributed by atoms with Crippen LogP contribution in [0.2, 0.25) is 0 Å². The normalized spacial score (nSPS) is 13.0. The SMILES string of the molecule is CCOC(=O)CNC(=O)Oc1c(C(C)(C)C)cc(/C=[N+](/[O-])C(C)(C)C)cc1C(C)(C)C. The van der Waals surface area contributed by atoms with Crippen LogP contribution in [0.3, 0.4) is 0 Å². The number of nitrogens with one attached hydrogen (secondary N) is 1. The maximum absolute atomic E-state index is 12.5. The fourth-order valence-electron chi connectivity index (χ4n) is 2.76. The lowest BCUT2D eigenvalue weighted by atomic mass is 9.78. The standard InChI is InChI=1S/C24H38N2O5/c1-11-30-19(27)14-25-21(28)31-20-17(22(2,3)4)12-16(13-18(20)23(5,6)7)15-26(29)24(8,9)10/h12-13,15H,11,14H2,1-10H3,(H,25,28)/b26-15+. The molecule has 0 radical (unpaired) electrons. The molecule has 0 spiro atoms. The molecule has 1 N–H and O–H groups in total. The van der Waals surface area contributed by atoms with Crippen LogP contribution in [0.4, 0.5) is 4.79 Å². The quantitative estimate of drug-likeness (QED) is 0.239. The van der Waals surface area contributed by atoms with Gasteiger partial charge in [0.25, 0.3) is 0 Å². The Morgan fingerprint density at radius 3 is 1.87 bits per heavy atom. The van der Waals surface area contributed by atoms with Crippen molar-refractivity contribution in [3.8, 4) is 5.75 Å². The molecule has 0 saturated heterocycles. The van der Waals surface area contributed by atoms with E-state index in [2.05, 4.69) is 5.32 Å². The van der Waals surface area contributed by atoms with E-state index in [4.69, 9.17) is 9.47 Å². The second-order valence-corrected chi connectivity index (χ2v) is 10.6. The smallest absolute Gasteiger partial charge is 0.413 e. The topological polar surface area (TPSA) is 90.7 Å². The molecule has 31 heavy (non-hydrogen) atoms. The molecule has 1 rings (SSSR count). The highest BCUT2D eigenvalue weighted by Gasteiger charge is 2.30. The molecular weight excluding hydrogens is 396 g/mol. The number of carbonyl (C=O) groups is 2. The number of hydrogen-bond donors (Lipinski definition) is 1. The number of rotatable bonds is 5. The minimum atomic E-state index is -0.735. The van der Waals surface area contributed by atoms with Gasteiger partial charge < -0.3 is 20.0 Å². The number of hydrogen-bond acceptors (Lipinski definition) is 5. The fourth-order valence-corrected chi connectivity index (χ4v) is 2.76. The summed E-state index contributed by atoms with van der Waals surface area (Å²) in [6.07, 6.45) is 0.829. The van der Waals surface area contributed by atoms with E-state index in [1.54, 1.807) is 13.1 Å². The Morgan fingerprint density at radius 1 is 1.00 bits per heavy atom. The van der Waals surface area contributed by atoms with E-state index in [0.29, 0.717) is 5.75 Å². The third-order valence-corrected chi connectivity index (χ3v) is 4.53. The summed E-state index contributed by atoms with van der Waals surface area (Å²) in [6, 6.07) is 3.75. The van der Waals surface area contributed by atoms with Gasteiger partial charge in [-0.1, -0.05) is 41.5 Å². The van der Waals surface area contributed by atoms with Crippen molar-refractivity contribution in [1.29, 1.82) is 0 Å². The van der Waals surface area contributed by atoms with Crippen LogP contribution >= 0.6 is 0 Å². The largest absolute Gasteiger partial charge is 0.623 e. The average Bonchev–Trinajstić information content (AvgIpc) is 2.58. The number of esters is 1. The predicted molar refractivity (Wildman–Crippen MR) is 123 cm³/mol. The molecule has 0 aliphatic carbocycles. The molecule has 1 aromatic rings. The Labute approximate surface area is 186 Å². The molecule has 0 aromatic heterocycles. The Morgan fingerprint density at radius 2 is 1.48 bits per heavy atom. The molecule has 0 saturated carbocycles. The summed E-state index contributed by atoms with van der Waals surface area (Å²) >= 11 is 0. The Kier molecular flexibility index (Phi) is 8.29. The summed E-state index contributed by atoms with van der Waals surface area (Å²) in [4.78, 5) is 24.0. The molecule has 0 bridgehead atoms. The molecule has 0 atom stereocenters. The highest BCUT2D eigenvalue weighted by Crippen LogP contribution is 2.40. The molecule has 1 aromatic carbocycles. The van der Waals surface area contributed by atoms with Gasteiger partial charge >= 0.3 is 12.1 Å². The predicted octanol–water partition coefficient (Wildman–Crippen LogP) is 4.66. The lowest BCUT2D eigenvalue weighted by Gasteiger charge is -2.29. The van der Waals surface area contributed by atoms with Crippen molar-refractivity contribution in [2.45, 2.75) is 85.6 Å². The first-order valence-corrected chi connectivity index (χ1v) is 10.6. The Bertz CT molecular complexity index is 802. The Hall–Kier alpha value is -2.57. The summed E-state index contributed by atoms with van der Waals surface area (Å²) in [5, 5.41) is 15.0. The van der Waals surface area contributed by atoms with Gasteiger partial charge in [0.2, 0.25) is 0 Å². The van der Waals surface area contributed by atoms with Gasteiger partial charge in [0.05, 0.1) is 6.61 Å². The zero-order valence-corrected chi connectivity index (χ0v) is 20.6. The second-order valence-electron chi connectivity index (χ2n) is 10.6. The van der Waals surface area contributed by atoms with E-state index in [1.165, 1.54) is 0 Å². The first kappa shape index (κ1) is 26.5. The maximum atomic E-state index is 12.5. The van der Waals surface area contributed by atoms with Gasteiger partial charge in [-0.05, 0) is 29.9 Å². The van der Waals surface area contributed by atoms with Crippen LogP contribution in [0.15, 0.2) is 12.1 Å². The molecule has 0 aliphatic heterocycles. The minimum absolute atomic E-state index is 0.237. The summed E-state index contributed by atoms with van der Waals surface area (Å²) in [5.41, 5.74) is 1.01. The van der Waals surface area contributed by atoms with Crippen LogP contribution in [0.25, 0.3) is 0 Å². The minimum Gasteiger partial charge on any atom is -0.623 e. The van der Waals surface area contributed by atoms with E-state index in [9.17, 15) is 14.8 Å². The number of hydroxylamine groups is 1. The number of amides is 1. The summed E-state index contributed by atoms with van der Waals surface area (Å²) in [5.74, 6) is -0.0964. The first-order chi connectivity index (χ1) is 14.0. The number of benzene rings is 1. The third kappa shape index (κ3) is 7.89. The van der Waals surface area contributed by atoms with Gasteiger partial charge in [-0.3, -0.25) is 4.79 Å². The zero-order valence-electron chi connectivity index (χ0n) is 20.6. The lowest BCUT2D eigenvalue weighted by Crippen LogP contribution is -2.34. The van der Waals surface area contributed by atoms with Crippen LogP contribution in [-0.2, 0) is 20.4 Å². The van der Waals surface area contributed by atoms with Crippen LogP contribution in [0, 0.1) is 5.21 Å². The van der Waals surface area contributed by atoms with E-state index >= 15 is 0 Å². The van der Waals surface area contributed by atoms with Crippen molar-refractivity contribution in [2.75, 3.05) is 13.2 Å². The van der Waals surface area contributed by atoms with Gasteiger partial charge in [0.1, 0.15) is 12.3 Å². The summed E-state index contributed by atoms with van der Waals surface area (Å²) < 4.78 is 11.5. The molecule has 0 aliphatic rings. The maximum Gasteiger partial charge on any atom is 0.413 e. The van der Waals surface area contributed by atoms with Gasteiger partial charge in [0, 0.05) is 37.5 Å². The van der Waals surface area contributed by atoms with Crippen molar-refractivity contribution < 1.29 is 23.8 Å². The first-order valence-electron chi connectivity index (χ1n) is 10.6. The van der Waals surface area contributed by atoms with Crippen molar-refractivity contribution >= 4 is 18.3 Å². The molecule has 0 heterocycles. The van der Waals surface area contributed by atoms with Crippen molar-refractivity contribution in [3.05, 3.63) is 34.0 Å². The van der Waals surface area contributed by atoms with E-state index in [0.717, 1.165) is 21.4 Å². The lowest BCUT2D eigenvalue weighted by molar-refractivity contribution is -0.530. The zero-order chi connectivity index (χ0) is 24.2. The van der Waals surface area contributed by atoms with Crippen molar-refractivity contribution in [1.82, 2.24) is 5.32 Å². The molecular formula is C24H38N2O5. The molecule has 7 heteroatoms. The summed E-state index contributed by atoms with van der Waals surface area (Å²) in [6.45, 7) is 19.3. The van der Waals surface area contributed by atoms with E-state index in [-0.39, 0.29) is 24.0 Å². The molecule has 0 unspecified atom stereocenters. The molecule has 7 nitrogen and oxygen atoms in total. The van der Waals surface area contributed by atoms with Crippen molar-refractivity contribution in [3.63, 3.8) is 0 Å². The highest BCUT2D eigenvalue weighted by atomic mass is 16.6. The molecule has 1 amide bonds. The molecule has 0 fully saturated rings. The number of nitrogens with zero attached hydrogens (tertiary/aromatic N) is 1. The van der Waals surface area contributed by atoms with E-state index < -0.39 is 17.6 Å². The monoisotopic (exact) mass is 434 g/mol. The second kappa shape index (κ2) is 9.71. The highest BCUT2D eigenvalue weighted by molar-refractivity contribution is 5.81. The average molecular weight is 435 g/mol. The Balaban J connectivity index is 3.51.